The van der Waals surface area contributed by atoms with E-state index < -0.39 is 16.8 Å². The summed E-state index contributed by atoms with van der Waals surface area (Å²) in [4.78, 5) is 23.1. The van der Waals surface area contributed by atoms with Crippen LogP contribution in [0.4, 0.5) is 0 Å². The minimum Gasteiger partial charge on any atom is -0.461 e. The first-order chi connectivity index (χ1) is 7.18. The zero-order chi connectivity index (χ0) is 12.9. The molecule has 0 aliphatic heterocycles. The van der Waals surface area contributed by atoms with E-state index in [9.17, 15) is 9.59 Å². The molecule has 6 heteroatoms. The van der Waals surface area contributed by atoms with Crippen LogP contribution in [0.1, 0.15) is 27.7 Å². The standard InChI is InChI=1S/C10H19NO3S2/c1-6(2)14-8(12)7(5-15)11-9(13)10(3,4)16/h6-7,15-16H,5H2,1-4H3,(H,11,13). The number of rotatable bonds is 5. The Bertz CT molecular complexity index is 261. The summed E-state index contributed by atoms with van der Waals surface area (Å²) >= 11 is 8.12. The second kappa shape index (κ2) is 6.39. The van der Waals surface area contributed by atoms with Crippen molar-refractivity contribution in [2.45, 2.75) is 44.6 Å². The van der Waals surface area contributed by atoms with Crippen molar-refractivity contribution < 1.29 is 14.3 Å². The third kappa shape index (κ3) is 5.65. The Balaban J connectivity index is 4.42. The van der Waals surface area contributed by atoms with Gasteiger partial charge in [0, 0.05) is 5.75 Å². The van der Waals surface area contributed by atoms with Crippen molar-refractivity contribution in [3.8, 4) is 0 Å². The molecule has 1 N–H and O–H groups in total. The molecule has 1 atom stereocenters. The molecular formula is C10H19NO3S2. The van der Waals surface area contributed by atoms with Crippen LogP contribution >= 0.6 is 25.3 Å². The van der Waals surface area contributed by atoms with Crippen molar-refractivity contribution in [2.75, 3.05) is 5.75 Å². The Morgan fingerprint density at radius 3 is 2.19 bits per heavy atom. The fourth-order valence-corrected chi connectivity index (χ4v) is 1.13. The van der Waals surface area contributed by atoms with E-state index in [1.807, 2.05) is 0 Å². The molecule has 0 aromatic rings. The van der Waals surface area contributed by atoms with Crippen LogP contribution < -0.4 is 5.32 Å². The van der Waals surface area contributed by atoms with Crippen molar-refractivity contribution in [2.24, 2.45) is 0 Å². The molecule has 1 amide bonds. The van der Waals surface area contributed by atoms with E-state index in [4.69, 9.17) is 4.74 Å². The molecule has 0 aliphatic rings. The van der Waals surface area contributed by atoms with Crippen LogP contribution in [0.2, 0.25) is 0 Å². The van der Waals surface area contributed by atoms with Crippen LogP contribution in [0.15, 0.2) is 0 Å². The molecule has 0 bridgehead atoms. The highest BCUT2D eigenvalue weighted by Crippen LogP contribution is 2.12. The van der Waals surface area contributed by atoms with Crippen LogP contribution in [0.25, 0.3) is 0 Å². The molecule has 0 aromatic carbocycles. The molecule has 0 heterocycles. The molecule has 0 rings (SSSR count). The average Bonchev–Trinajstić information content (AvgIpc) is 2.10. The number of esters is 1. The van der Waals surface area contributed by atoms with Crippen molar-refractivity contribution in [3.63, 3.8) is 0 Å². The van der Waals surface area contributed by atoms with E-state index in [1.54, 1.807) is 27.7 Å². The van der Waals surface area contributed by atoms with Gasteiger partial charge in [-0.25, -0.2) is 4.79 Å². The number of ether oxygens (including phenoxy) is 1. The van der Waals surface area contributed by atoms with Crippen molar-refractivity contribution >= 4 is 37.1 Å². The zero-order valence-electron chi connectivity index (χ0n) is 9.98. The summed E-state index contributed by atoms with van der Waals surface area (Å²) in [5, 5.41) is 2.55. The van der Waals surface area contributed by atoms with Gasteiger partial charge < -0.3 is 10.1 Å². The molecule has 0 aliphatic carbocycles. The molecule has 0 saturated carbocycles. The molecule has 1 unspecified atom stereocenters. The molecule has 16 heavy (non-hydrogen) atoms. The highest BCUT2D eigenvalue weighted by atomic mass is 32.1. The van der Waals surface area contributed by atoms with Gasteiger partial charge in [-0.3, -0.25) is 4.79 Å². The molecule has 0 radical (unpaired) electrons. The summed E-state index contributed by atoms with van der Waals surface area (Å²) in [7, 11) is 0. The monoisotopic (exact) mass is 265 g/mol. The molecule has 0 fully saturated rings. The summed E-state index contributed by atoms with van der Waals surface area (Å²) in [5.41, 5.74) is 0. The van der Waals surface area contributed by atoms with Gasteiger partial charge in [0.25, 0.3) is 0 Å². The summed E-state index contributed by atoms with van der Waals surface area (Å²) in [6.45, 7) is 6.79. The smallest absolute Gasteiger partial charge is 0.329 e. The second-order valence-corrected chi connectivity index (χ2v) is 5.74. The highest BCUT2D eigenvalue weighted by Gasteiger charge is 2.28. The van der Waals surface area contributed by atoms with E-state index in [2.05, 4.69) is 30.6 Å². The van der Waals surface area contributed by atoms with E-state index in [-0.39, 0.29) is 17.8 Å². The van der Waals surface area contributed by atoms with E-state index >= 15 is 0 Å². The summed E-state index contributed by atoms with van der Waals surface area (Å²) in [6.07, 6.45) is -0.212. The SMILES string of the molecule is CC(C)OC(=O)C(CS)NC(=O)C(C)(C)S. The lowest BCUT2D eigenvalue weighted by Crippen LogP contribution is -2.49. The normalized spacial score (nSPS) is 13.4. The Morgan fingerprint density at radius 2 is 1.88 bits per heavy atom. The first kappa shape index (κ1) is 15.6. The van der Waals surface area contributed by atoms with Crippen LogP contribution in [-0.4, -0.2) is 34.5 Å². The Morgan fingerprint density at radius 1 is 1.38 bits per heavy atom. The maximum Gasteiger partial charge on any atom is 0.329 e. The predicted molar refractivity (Wildman–Crippen MR) is 70.1 cm³/mol. The third-order valence-corrected chi connectivity index (χ3v) is 2.25. The largest absolute Gasteiger partial charge is 0.461 e. The lowest BCUT2D eigenvalue weighted by molar-refractivity contribution is -0.150. The minimum absolute atomic E-state index is 0.196. The van der Waals surface area contributed by atoms with Crippen LogP contribution in [0.5, 0.6) is 0 Å². The Hall–Kier alpha value is -0.360. The average molecular weight is 265 g/mol. The topological polar surface area (TPSA) is 55.4 Å². The predicted octanol–water partition coefficient (Wildman–Crippen LogP) is 1.06. The number of carbonyl (C=O) groups excluding carboxylic acids is 2. The molecule has 4 nitrogen and oxygen atoms in total. The molecule has 0 spiro atoms. The third-order valence-electron chi connectivity index (χ3n) is 1.68. The number of hydrogen-bond acceptors (Lipinski definition) is 5. The molecular weight excluding hydrogens is 246 g/mol. The van der Waals surface area contributed by atoms with Gasteiger partial charge in [-0.2, -0.15) is 25.3 Å². The first-order valence-corrected chi connectivity index (χ1v) is 6.11. The molecule has 94 valence electrons. The van der Waals surface area contributed by atoms with Gasteiger partial charge in [0.1, 0.15) is 6.04 Å². The zero-order valence-corrected chi connectivity index (χ0v) is 11.8. The number of thiol groups is 2. The van der Waals surface area contributed by atoms with Gasteiger partial charge >= 0.3 is 5.97 Å². The van der Waals surface area contributed by atoms with E-state index in [0.717, 1.165) is 0 Å². The quantitative estimate of drug-likeness (QED) is 0.515. The minimum atomic E-state index is -0.834. The van der Waals surface area contributed by atoms with E-state index in [1.165, 1.54) is 0 Å². The fraction of sp³-hybridized carbons (Fsp3) is 0.800. The number of nitrogens with one attached hydrogen (secondary N) is 1. The van der Waals surface area contributed by atoms with Crippen LogP contribution in [-0.2, 0) is 14.3 Å². The van der Waals surface area contributed by atoms with Gasteiger partial charge in [-0.15, -0.1) is 0 Å². The van der Waals surface area contributed by atoms with Crippen molar-refractivity contribution in [1.29, 1.82) is 0 Å². The maximum atomic E-state index is 11.6. The van der Waals surface area contributed by atoms with Gasteiger partial charge in [-0.05, 0) is 27.7 Å². The lowest BCUT2D eigenvalue weighted by Gasteiger charge is -2.22. The number of amides is 1. The van der Waals surface area contributed by atoms with Gasteiger partial charge in [-0.1, -0.05) is 0 Å². The van der Waals surface area contributed by atoms with Crippen LogP contribution in [0.3, 0.4) is 0 Å². The highest BCUT2D eigenvalue weighted by molar-refractivity contribution is 7.82. The number of hydrogen-bond donors (Lipinski definition) is 3. The fourth-order valence-electron chi connectivity index (χ4n) is 0.828. The van der Waals surface area contributed by atoms with Gasteiger partial charge in [0.05, 0.1) is 10.9 Å². The first-order valence-electron chi connectivity index (χ1n) is 5.03. The Labute approximate surface area is 107 Å². The van der Waals surface area contributed by atoms with Crippen molar-refractivity contribution in [1.82, 2.24) is 5.32 Å². The van der Waals surface area contributed by atoms with Gasteiger partial charge in [0.15, 0.2) is 0 Å². The van der Waals surface area contributed by atoms with Gasteiger partial charge in [0.2, 0.25) is 5.91 Å². The lowest BCUT2D eigenvalue weighted by atomic mass is 10.2. The van der Waals surface area contributed by atoms with E-state index in [0.29, 0.717) is 0 Å². The second-order valence-electron chi connectivity index (χ2n) is 4.25. The molecule has 0 aromatic heterocycles. The van der Waals surface area contributed by atoms with Crippen LogP contribution in [0, 0.1) is 0 Å². The molecule has 0 saturated heterocycles. The summed E-state index contributed by atoms with van der Waals surface area (Å²) in [5.74, 6) is -0.604. The summed E-state index contributed by atoms with van der Waals surface area (Å²) < 4.78 is 4.16. The Kier molecular flexibility index (Phi) is 6.25. The number of carbonyl (C=O) groups is 2. The maximum absolute atomic E-state index is 11.6. The summed E-state index contributed by atoms with van der Waals surface area (Å²) in [6, 6.07) is -0.732. The van der Waals surface area contributed by atoms with Crippen molar-refractivity contribution in [3.05, 3.63) is 0 Å².